The van der Waals surface area contributed by atoms with Crippen molar-refractivity contribution in [2.24, 2.45) is 0 Å². The quantitative estimate of drug-likeness (QED) is 0.776. The van der Waals surface area contributed by atoms with Crippen LogP contribution in [0.25, 0.3) is 11.0 Å². The minimum absolute atomic E-state index is 0.497. The van der Waals surface area contributed by atoms with Gasteiger partial charge in [-0.2, -0.15) is 8.75 Å². The number of aromatic nitrogens is 2. The lowest BCUT2D eigenvalue weighted by molar-refractivity contribution is 0.215. The minimum Gasteiger partial charge on any atom is -0.410 e. The van der Waals surface area contributed by atoms with Crippen LogP contribution in [0.5, 0.6) is 5.75 Å². The van der Waals surface area contributed by atoms with Gasteiger partial charge < -0.3 is 4.74 Å². The van der Waals surface area contributed by atoms with Crippen molar-refractivity contribution < 1.29 is 9.53 Å². The normalized spacial score (nSPS) is 10.3. The maximum Gasteiger partial charge on any atom is 0.417 e. The van der Waals surface area contributed by atoms with Gasteiger partial charge in [0.05, 0.1) is 11.7 Å². The van der Waals surface area contributed by atoms with Crippen molar-refractivity contribution in [3.8, 4) is 5.75 Å². The highest BCUT2D eigenvalue weighted by atomic mass is 32.1. The SMILES string of the molecule is O=C(Nc1ccc2nsnc2c1)Oc1ccccc1. The first-order chi connectivity index (χ1) is 9.31. The van der Waals surface area contributed by atoms with Gasteiger partial charge >= 0.3 is 6.09 Å². The molecule has 0 aliphatic heterocycles. The third-order valence-corrected chi connectivity index (χ3v) is 3.01. The van der Waals surface area contributed by atoms with Crippen LogP contribution in [-0.2, 0) is 0 Å². The molecular formula is C13H9N3O2S. The summed E-state index contributed by atoms with van der Waals surface area (Å²) in [7, 11) is 0. The molecule has 1 aromatic heterocycles. The van der Waals surface area contributed by atoms with E-state index in [1.165, 1.54) is 0 Å². The molecule has 0 radical (unpaired) electrons. The molecule has 0 aliphatic rings. The van der Waals surface area contributed by atoms with Crippen LogP contribution >= 0.6 is 11.7 Å². The van der Waals surface area contributed by atoms with E-state index < -0.39 is 6.09 Å². The van der Waals surface area contributed by atoms with Gasteiger partial charge in [-0.05, 0) is 30.3 Å². The van der Waals surface area contributed by atoms with E-state index in [2.05, 4.69) is 14.1 Å². The highest BCUT2D eigenvalue weighted by Crippen LogP contribution is 2.17. The molecule has 0 saturated carbocycles. The van der Waals surface area contributed by atoms with Crippen molar-refractivity contribution in [2.75, 3.05) is 5.32 Å². The number of benzene rings is 2. The zero-order valence-electron chi connectivity index (χ0n) is 9.74. The van der Waals surface area contributed by atoms with Crippen molar-refractivity contribution in [1.82, 2.24) is 8.75 Å². The number of carbonyl (C=O) groups excluding carboxylic acids is 1. The number of para-hydroxylation sites is 1. The Bertz CT molecular complexity index is 712. The smallest absolute Gasteiger partial charge is 0.410 e. The second-order valence-corrected chi connectivity index (χ2v) is 4.32. The van der Waals surface area contributed by atoms with E-state index in [1.807, 2.05) is 6.07 Å². The fraction of sp³-hybridized carbons (Fsp3) is 0. The molecule has 6 heteroatoms. The van der Waals surface area contributed by atoms with Crippen molar-refractivity contribution in [3.63, 3.8) is 0 Å². The van der Waals surface area contributed by atoms with E-state index in [0.717, 1.165) is 22.8 Å². The highest BCUT2D eigenvalue weighted by Gasteiger charge is 2.06. The number of nitrogens with one attached hydrogen (secondary N) is 1. The Labute approximate surface area is 113 Å². The molecule has 2 aromatic carbocycles. The average molecular weight is 271 g/mol. The lowest BCUT2D eigenvalue weighted by Gasteiger charge is -2.06. The zero-order valence-corrected chi connectivity index (χ0v) is 10.6. The third kappa shape index (κ3) is 2.69. The van der Waals surface area contributed by atoms with Gasteiger partial charge in [0.1, 0.15) is 16.8 Å². The topological polar surface area (TPSA) is 64.1 Å². The Hall–Kier alpha value is -2.47. The number of hydrogen-bond donors (Lipinski definition) is 1. The highest BCUT2D eigenvalue weighted by molar-refractivity contribution is 7.00. The summed E-state index contributed by atoms with van der Waals surface area (Å²) in [5.74, 6) is 0.497. The zero-order chi connectivity index (χ0) is 13.1. The molecule has 94 valence electrons. The Kier molecular flexibility index (Phi) is 3.07. The molecule has 1 amide bonds. The van der Waals surface area contributed by atoms with Gasteiger partial charge in [-0.25, -0.2) is 4.79 Å². The first-order valence-electron chi connectivity index (χ1n) is 5.57. The van der Waals surface area contributed by atoms with E-state index in [1.54, 1.807) is 42.5 Å². The lowest BCUT2D eigenvalue weighted by Crippen LogP contribution is -2.16. The molecule has 0 atom stereocenters. The van der Waals surface area contributed by atoms with Crippen LogP contribution in [0.15, 0.2) is 48.5 Å². The molecule has 0 aliphatic carbocycles. The molecule has 0 bridgehead atoms. The molecule has 1 N–H and O–H groups in total. The van der Waals surface area contributed by atoms with Gasteiger partial charge in [-0.3, -0.25) is 5.32 Å². The van der Waals surface area contributed by atoms with Crippen LogP contribution in [0.3, 0.4) is 0 Å². The third-order valence-electron chi connectivity index (χ3n) is 2.45. The molecule has 3 aromatic rings. The number of rotatable bonds is 2. The summed E-state index contributed by atoms with van der Waals surface area (Å²) in [4.78, 5) is 11.7. The number of carbonyl (C=O) groups is 1. The molecule has 0 unspecified atom stereocenters. The fourth-order valence-electron chi connectivity index (χ4n) is 1.60. The summed E-state index contributed by atoms with van der Waals surface area (Å²) in [6.45, 7) is 0. The van der Waals surface area contributed by atoms with Gasteiger partial charge in [-0.15, -0.1) is 0 Å². The largest absolute Gasteiger partial charge is 0.417 e. The number of nitrogens with zero attached hydrogens (tertiary/aromatic N) is 2. The summed E-state index contributed by atoms with van der Waals surface area (Å²) >= 11 is 1.14. The van der Waals surface area contributed by atoms with E-state index >= 15 is 0 Å². The Balaban J connectivity index is 1.72. The van der Waals surface area contributed by atoms with Crippen molar-refractivity contribution in [2.45, 2.75) is 0 Å². The van der Waals surface area contributed by atoms with Crippen LogP contribution in [0.4, 0.5) is 10.5 Å². The second-order valence-electron chi connectivity index (χ2n) is 3.80. The van der Waals surface area contributed by atoms with Crippen molar-refractivity contribution in [3.05, 3.63) is 48.5 Å². The summed E-state index contributed by atoms with van der Waals surface area (Å²) in [6, 6.07) is 14.2. The summed E-state index contributed by atoms with van der Waals surface area (Å²) < 4.78 is 13.3. The average Bonchev–Trinajstić information content (AvgIpc) is 2.87. The summed E-state index contributed by atoms with van der Waals surface area (Å²) in [6.07, 6.45) is -0.534. The fourth-order valence-corrected chi connectivity index (χ4v) is 2.12. The van der Waals surface area contributed by atoms with Crippen molar-refractivity contribution in [1.29, 1.82) is 0 Å². The summed E-state index contributed by atoms with van der Waals surface area (Å²) in [5.41, 5.74) is 2.19. The van der Waals surface area contributed by atoms with Crippen LogP contribution in [0.1, 0.15) is 0 Å². The predicted molar refractivity (Wildman–Crippen MR) is 73.5 cm³/mol. The van der Waals surface area contributed by atoms with Crippen LogP contribution in [0, 0.1) is 0 Å². The molecule has 0 saturated heterocycles. The van der Waals surface area contributed by atoms with Crippen LogP contribution in [0.2, 0.25) is 0 Å². The number of amides is 1. The number of ether oxygens (including phenoxy) is 1. The first-order valence-corrected chi connectivity index (χ1v) is 6.30. The Morgan fingerprint density at radius 2 is 1.84 bits per heavy atom. The maximum atomic E-state index is 11.7. The van der Waals surface area contributed by atoms with E-state index in [0.29, 0.717) is 11.4 Å². The Morgan fingerprint density at radius 3 is 2.68 bits per heavy atom. The standard InChI is InChI=1S/C13H9N3O2S/c17-13(18-10-4-2-1-3-5-10)14-9-6-7-11-12(8-9)16-19-15-11/h1-8H,(H,14,17). The predicted octanol–water partition coefficient (Wildman–Crippen LogP) is 3.30. The van der Waals surface area contributed by atoms with Crippen LogP contribution in [-0.4, -0.2) is 14.8 Å². The number of anilines is 1. The van der Waals surface area contributed by atoms with Gasteiger partial charge in [-0.1, -0.05) is 18.2 Å². The minimum atomic E-state index is -0.534. The molecular weight excluding hydrogens is 262 g/mol. The van der Waals surface area contributed by atoms with E-state index in [4.69, 9.17) is 4.74 Å². The first kappa shape index (κ1) is 11.6. The Morgan fingerprint density at radius 1 is 1.05 bits per heavy atom. The van der Waals surface area contributed by atoms with Gasteiger partial charge in [0.15, 0.2) is 0 Å². The molecule has 0 fully saturated rings. The maximum absolute atomic E-state index is 11.7. The van der Waals surface area contributed by atoms with E-state index in [9.17, 15) is 4.79 Å². The second kappa shape index (κ2) is 5.03. The monoisotopic (exact) mass is 271 g/mol. The lowest BCUT2D eigenvalue weighted by atomic mass is 10.3. The number of hydrogen-bond acceptors (Lipinski definition) is 5. The molecule has 19 heavy (non-hydrogen) atoms. The van der Waals surface area contributed by atoms with Gasteiger partial charge in [0.2, 0.25) is 0 Å². The van der Waals surface area contributed by atoms with Crippen LogP contribution < -0.4 is 10.1 Å². The van der Waals surface area contributed by atoms with Crippen molar-refractivity contribution >= 4 is 34.5 Å². The molecule has 3 rings (SSSR count). The van der Waals surface area contributed by atoms with Gasteiger partial charge in [0.25, 0.3) is 0 Å². The van der Waals surface area contributed by atoms with E-state index in [-0.39, 0.29) is 0 Å². The summed E-state index contributed by atoms with van der Waals surface area (Å²) in [5, 5.41) is 2.65. The molecule has 1 heterocycles. The van der Waals surface area contributed by atoms with Gasteiger partial charge in [0, 0.05) is 5.69 Å². The number of fused-ring (bicyclic) bond motifs is 1. The molecule has 5 nitrogen and oxygen atoms in total. The molecule has 0 spiro atoms.